The summed E-state index contributed by atoms with van der Waals surface area (Å²) in [6.45, 7) is 0. The van der Waals surface area contributed by atoms with Crippen molar-refractivity contribution in [2.75, 3.05) is 0 Å². The number of rotatable bonds is 10. The first-order valence-corrected chi connectivity index (χ1v) is 40.3. The molecule has 0 atom stereocenters. The Morgan fingerprint density at radius 2 is 0.432 bits per heavy atom. The van der Waals surface area contributed by atoms with Crippen LogP contribution in [0.4, 0.5) is 0 Å². The molecule has 0 bridgehead atoms. The van der Waals surface area contributed by atoms with E-state index >= 15 is 0 Å². The number of aromatic nitrogens is 6. The zero-order valence-corrected chi connectivity index (χ0v) is 64.1. The van der Waals surface area contributed by atoms with E-state index in [2.05, 4.69) is 434 Å². The van der Waals surface area contributed by atoms with Crippen LogP contribution in [-0.2, 0) is 0 Å². The van der Waals surface area contributed by atoms with Crippen LogP contribution < -0.4 is 0 Å². The first-order chi connectivity index (χ1) is 58.5. The average molecular weight is 1500 g/mol. The maximum absolute atomic E-state index is 5.42. The van der Waals surface area contributed by atoms with Gasteiger partial charge in [-0.2, -0.15) is 0 Å². The summed E-state index contributed by atoms with van der Waals surface area (Å²) in [5.74, 6) is 1.42. The molecule has 20 aromatic carbocycles. The van der Waals surface area contributed by atoms with Crippen molar-refractivity contribution in [2.24, 2.45) is 0 Å². The van der Waals surface area contributed by atoms with E-state index in [1.165, 1.54) is 120 Å². The van der Waals surface area contributed by atoms with Crippen LogP contribution in [0, 0.1) is 0 Å². The topological polar surface area (TPSA) is 61.4 Å². The molecule has 24 rings (SSSR count). The Bertz CT molecular complexity index is 7960. The second-order valence-electron chi connectivity index (χ2n) is 30.6. The first kappa shape index (κ1) is 67.9. The van der Waals surface area contributed by atoms with Gasteiger partial charge in [-0.05, 0) is 153 Å². The minimum atomic E-state index is 0.707. The monoisotopic (exact) mass is 1500 g/mol. The summed E-state index contributed by atoms with van der Waals surface area (Å²) >= 11 is 0. The number of para-hydroxylation sites is 2. The Morgan fingerprint density at radius 3 is 0.822 bits per heavy atom. The molecule has 0 aliphatic heterocycles. The standard InChI is InChI=1S/2C56H35N3/c1-2-13-36(14-3-1)37-27-29-38(30-28-37)41-17-10-18-42(35-41)55-48-21-8-9-25-49(48)57-56(58-55)47-24-11-23-46-45(47)22-12-26-50(46)59-51-33-31-39-15-4-6-19-43(39)53(51)54-44-20-7-5-16-40(44)32-34-52(54)59;1-2-12-36(13-3-1)37-24-26-38(27-25-37)39-28-30-42(31-29-39)55-48-18-8-9-22-49(48)57-56(58-55)47-21-10-20-46-45(47)19-11-23-50(46)59-51-34-32-40-14-4-6-16-43(40)53(51)54-44-17-7-5-15-41(44)33-35-52(54)59/h2*1-35H. The van der Waals surface area contributed by atoms with E-state index in [0.29, 0.717) is 11.6 Å². The van der Waals surface area contributed by atoms with E-state index in [1.54, 1.807) is 0 Å². The van der Waals surface area contributed by atoms with Crippen molar-refractivity contribution in [1.82, 2.24) is 29.1 Å². The molecule has 0 saturated carbocycles. The van der Waals surface area contributed by atoms with Gasteiger partial charge in [-0.1, -0.05) is 370 Å². The number of benzene rings is 20. The lowest BCUT2D eigenvalue weighted by Crippen LogP contribution is -1.98. The number of hydrogen-bond donors (Lipinski definition) is 0. The van der Waals surface area contributed by atoms with E-state index < -0.39 is 0 Å². The molecule has 0 saturated heterocycles. The van der Waals surface area contributed by atoms with Crippen LogP contribution in [0.2, 0.25) is 0 Å². The van der Waals surface area contributed by atoms with Gasteiger partial charge in [-0.15, -0.1) is 0 Å². The minimum Gasteiger partial charge on any atom is -0.309 e. The molecule has 6 heteroatoms. The van der Waals surface area contributed by atoms with Crippen molar-refractivity contribution >= 4 is 130 Å². The van der Waals surface area contributed by atoms with Crippen LogP contribution >= 0.6 is 0 Å². The lowest BCUT2D eigenvalue weighted by Gasteiger charge is -2.15. The third-order valence-electron chi connectivity index (χ3n) is 24.0. The summed E-state index contributed by atoms with van der Waals surface area (Å²) in [6.07, 6.45) is 0. The summed E-state index contributed by atoms with van der Waals surface area (Å²) in [5, 5.41) is 21.7. The first-order valence-electron chi connectivity index (χ1n) is 40.3. The molecule has 6 nitrogen and oxygen atoms in total. The normalized spacial score (nSPS) is 11.7. The Kier molecular flexibility index (Phi) is 16.2. The van der Waals surface area contributed by atoms with E-state index in [9.17, 15) is 0 Å². The highest BCUT2D eigenvalue weighted by molar-refractivity contribution is 6.30. The smallest absolute Gasteiger partial charge is 0.161 e. The summed E-state index contributed by atoms with van der Waals surface area (Å²) in [5.41, 5.74) is 24.3. The van der Waals surface area contributed by atoms with Crippen molar-refractivity contribution < 1.29 is 0 Å². The molecule has 4 heterocycles. The summed E-state index contributed by atoms with van der Waals surface area (Å²) in [4.78, 5) is 21.3. The van der Waals surface area contributed by atoms with E-state index in [-0.39, 0.29) is 0 Å². The highest BCUT2D eigenvalue weighted by Crippen LogP contribution is 2.47. The molecule has 0 aliphatic carbocycles. The van der Waals surface area contributed by atoms with Crippen LogP contribution in [0.1, 0.15) is 0 Å². The van der Waals surface area contributed by atoms with Crippen LogP contribution in [0.15, 0.2) is 425 Å². The third-order valence-corrected chi connectivity index (χ3v) is 24.0. The van der Waals surface area contributed by atoms with Crippen LogP contribution in [0.5, 0.6) is 0 Å². The molecule has 24 aromatic rings. The van der Waals surface area contributed by atoms with E-state index in [1.807, 2.05) is 0 Å². The van der Waals surface area contributed by atoms with Crippen LogP contribution in [-0.4, -0.2) is 29.1 Å². The molecular formula is C112H70N6. The average Bonchev–Trinajstić information content (AvgIpc) is 1.55. The molecule has 0 fully saturated rings. The summed E-state index contributed by atoms with van der Waals surface area (Å²) in [6, 6.07) is 152. The van der Waals surface area contributed by atoms with Crippen molar-refractivity contribution in [3.8, 4) is 101 Å². The van der Waals surface area contributed by atoms with Crippen LogP contribution in [0.25, 0.3) is 231 Å². The molecule has 0 unspecified atom stereocenters. The van der Waals surface area contributed by atoms with Gasteiger partial charge in [0.25, 0.3) is 0 Å². The Labute approximate surface area is 680 Å². The maximum Gasteiger partial charge on any atom is 0.161 e. The predicted octanol–water partition coefficient (Wildman–Crippen LogP) is 29.7. The molecule has 118 heavy (non-hydrogen) atoms. The quantitative estimate of drug-likeness (QED) is 0.137. The molecule has 0 amide bonds. The Balaban J connectivity index is 0.000000138. The van der Waals surface area contributed by atoms with Crippen molar-refractivity contribution in [2.45, 2.75) is 0 Å². The molecule has 0 aliphatic rings. The zero-order valence-electron chi connectivity index (χ0n) is 64.1. The zero-order chi connectivity index (χ0) is 77.7. The Hall–Kier alpha value is -15.8. The van der Waals surface area contributed by atoms with Gasteiger partial charge in [0.15, 0.2) is 11.6 Å². The number of fused-ring (bicyclic) bond motifs is 18. The number of hydrogen-bond acceptors (Lipinski definition) is 4. The summed E-state index contributed by atoms with van der Waals surface area (Å²) < 4.78 is 4.92. The molecule has 0 radical (unpaired) electrons. The van der Waals surface area contributed by atoms with Crippen molar-refractivity contribution in [1.29, 1.82) is 0 Å². The van der Waals surface area contributed by atoms with Gasteiger partial charge >= 0.3 is 0 Å². The highest BCUT2D eigenvalue weighted by atomic mass is 15.0. The maximum atomic E-state index is 5.42. The number of nitrogens with zero attached hydrogens (tertiary/aromatic N) is 6. The fraction of sp³-hybridized carbons (Fsp3) is 0. The largest absolute Gasteiger partial charge is 0.309 e. The Morgan fingerprint density at radius 1 is 0.161 bits per heavy atom. The van der Waals surface area contributed by atoms with Gasteiger partial charge < -0.3 is 9.13 Å². The molecule has 0 spiro atoms. The second kappa shape index (κ2) is 28.1. The lowest BCUT2D eigenvalue weighted by atomic mass is 9.97. The van der Waals surface area contributed by atoms with Gasteiger partial charge in [0, 0.05) is 65.3 Å². The second-order valence-corrected chi connectivity index (χ2v) is 30.6. The van der Waals surface area contributed by atoms with Crippen molar-refractivity contribution in [3.05, 3.63) is 425 Å². The van der Waals surface area contributed by atoms with Gasteiger partial charge in [0.05, 0.1) is 55.9 Å². The lowest BCUT2D eigenvalue weighted by molar-refractivity contribution is 1.20. The SMILES string of the molecule is c1ccc(-c2ccc(-c3ccc(-c4nc(-c5cccc6c(-n7c8ccc9ccccc9c8c8c9ccccc9ccc87)cccc56)nc5ccccc45)cc3)cc2)cc1.c1ccc(-c2ccc(-c3cccc(-c4nc(-c5cccc6c(-n7c8ccc9ccccc9c8c8c9ccccc9ccc87)cccc56)nc5ccccc45)c3)cc2)cc1. The van der Waals surface area contributed by atoms with Gasteiger partial charge in [0.1, 0.15) is 0 Å². The van der Waals surface area contributed by atoms with E-state index in [4.69, 9.17) is 19.9 Å². The summed E-state index contributed by atoms with van der Waals surface area (Å²) in [7, 11) is 0. The minimum absolute atomic E-state index is 0.707. The fourth-order valence-corrected chi connectivity index (χ4v) is 18.5. The van der Waals surface area contributed by atoms with Crippen molar-refractivity contribution in [3.63, 3.8) is 0 Å². The third kappa shape index (κ3) is 11.4. The van der Waals surface area contributed by atoms with Gasteiger partial charge in [-0.25, -0.2) is 19.9 Å². The fourth-order valence-electron chi connectivity index (χ4n) is 18.5. The molecule has 548 valence electrons. The predicted molar refractivity (Wildman–Crippen MR) is 496 cm³/mol. The van der Waals surface area contributed by atoms with Gasteiger partial charge in [-0.3, -0.25) is 0 Å². The van der Waals surface area contributed by atoms with Gasteiger partial charge in [0.2, 0.25) is 0 Å². The van der Waals surface area contributed by atoms with E-state index in [0.717, 1.165) is 99.5 Å². The molecular weight excluding hydrogens is 1430 g/mol. The molecule has 4 aromatic heterocycles. The highest BCUT2D eigenvalue weighted by Gasteiger charge is 2.24. The van der Waals surface area contributed by atoms with Crippen LogP contribution in [0.3, 0.4) is 0 Å². The molecule has 0 N–H and O–H groups in total.